The van der Waals surface area contributed by atoms with Gasteiger partial charge in [-0.05, 0) is 25.0 Å². The minimum atomic E-state index is -1.28. The molecule has 1 N–H and O–H groups in total. The quantitative estimate of drug-likeness (QED) is 0.649. The Bertz CT molecular complexity index is 829. The van der Waals surface area contributed by atoms with E-state index in [4.69, 9.17) is 0 Å². The lowest BCUT2D eigenvalue weighted by Crippen LogP contribution is -2.20. The highest BCUT2D eigenvalue weighted by atomic mass is 16.6. The van der Waals surface area contributed by atoms with Crippen LogP contribution in [0.4, 0.5) is 11.6 Å². The van der Waals surface area contributed by atoms with Gasteiger partial charge in [-0.25, -0.2) is 19.7 Å². The van der Waals surface area contributed by atoms with Crippen LogP contribution in [0.5, 0.6) is 0 Å². The molecular formula is C16H15N5O4. The lowest BCUT2D eigenvalue weighted by molar-refractivity contribution is -0.385. The SMILES string of the molecule is O=C(O)c1cc([N+](=O)[O-])cnc1/C=C/c1cnc(N2CCCC2)nc1. The van der Waals surface area contributed by atoms with Crippen molar-refractivity contribution in [2.75, 3.05) is 18.0 Å². The maximum absolute atomic E-state index is 11.3. The first-order chi connectivity index (χ1) is 12.0. The molecule has 0 amide bonds. The van der Waals surface area contributed by atoms with Crippen LogP contribution in [0.25, 0.3) is 12.2 Å². The molecule has 1 fully saturated rings. The number of nitrogens with zero attached hydrogens (tertiary/aromatic N) is 5. The van der Waals surface area contributed by atoms with Crippen molar-refractivity contribution in [2.24, 2.45) is 0 Å². The number of nitro groups is 1. The number of hydrogen-bond donors (Lipinski definition) is 1. The van der Waals surface area contributed by atoms with Crippen molar-refractivity contribution in [3.63, 3.8) is 0 Å². The second kappa shape index (κ2) is 7.04. The van der Waals surface area contributed by atoms with Gasteiger partial charge in [0.15, 0.2) is 0 Å². The van der Waals surface area contributed by atoms with Crippen LogP contribution in [0.2, 0.25) is 0 Å². The van der Waals surface area contributed by atoms with E-state index in [1.807, 2.05) is 0 Å². The fourth-order valence-electron chi connectivity index (χ4n) is 2.54. The van der Waals surface area contributed by atoms with E-state index >= 15 is 0 Å². The number of carbonyl (C=O) groups is 1. The third-order valence-corrected chi connectivity index (χ3v) is 3.83. The Balaban J connectivity index is 1.81. The summed E-state index contributed by atoms with van der Waals surface area (Å²) in [5, 5.41) is 19.9. The molecule has 0 aliphatic carbocycles. The van der Waals surface area contributed by atoms with Crippen LogP contribution in [0.15, 0.2) is 24.7 Å². The molecule has 1 aliphatic heterocycles. The van der Waals surface area contributed by atoms with Crippen LogP contribution in [0, 0.1) is 10.1 Å². The zero-order valence-corrected chi connectivity index (χ0v) is 13.2. The molecule has 9 heteroatoms. The second-order valence-electron chi connectivity index (χ2n) is 5.53. The largest absolute Gasteiger partial charge is 0.478 e. The molecule has 25 heavy (non-hydrogen) atoms. The van der Waals surface area contributed by atoms with Crippen molar-refractivity contribution in [1.29, 1.82) is 0 Å². The smallest absolute Gasteiger partial charge is 0.338 e. The van der Waals surface area contributed by atoms with Crippen molar-refractivity contribution >= 4 is 29.8 Å². The summed E-state index contributed by atoms with van der Waals surface area (Å²) in [6.45, 7) is 1.90. The van der Waals surface area contributed by atoms with Crippen molar-refractivity contribution < 1.29 is 14.8 Å². The fraction of sp³-hybridized carbons (Fsp3) is 0.250. The highest BCUT2D eigenvalue weighted by molar-refractivity contribution is 5.93. The van der Waals surface area contributed by atoms with E-state index in [2.05, 4.69) is 19.9 Å². The molecule has 0 bridgehead atoms. The van der Waals surface area contributed by atoms with Crippen molar-refractivity contribution in [1.82, 2.24) is 15.0 Å². The van der Waals surface area contributed by atoms with Gasteiger partial charge in [-0.2, -0.15) is 0 Å². The summed E-state index contributed by atoms with van der Waals surface area (Å²) in [6, 6.07) is 0.988. The van der Waals surface area contributed by atoms with E-state index in [9.17, 15) is 20.0 Å². The summed E-state index contributed by atoms with van der Waals surface area (Å²) in [6.07, 6.45) is 9.67. The molecule has 9 nitrogen and oxygen atoms in total. The molecule has 0 aromatic carbocycles. The van der Waals surface area contributed by atoms with Crippen molar-refractivity contribution in [2.45, 2.75) is 12.8 Å². The Morgan fingerprint density at radius 1 is 1.16 bits per heavy atom. The van der Waals surface area contributed by atoms with Gasteiger partial charge in [-0.1, -0.05) is 0 Å². The molecule has 3 rings (SSSR count). The van der Waals surface area contributed by atoms with E-state index in [0.29, 0.717) is 11.5 Å². The third-order valence-electron chi connectivity index (χ3n) is 3.83. The van der Waals surface area contributed by atoms with E-state index in [0.717, 1.165) is 38.2 Å². The van der Waals surface area contributed by atoms with Crippen LogP contribution in [-0.4, -0.2) is 44.0 Å². The molecular weight excluding hydrogens is 326 g/mol. The third kappa shape index (κ3) is 3.77. The molecule has 1 aliphatic rings. The summed E-state index contributed by atoms with van der Waals surface area (Å²) >= 11 is 0. The Morgan fingerprint density at radius 2 is 1.84 bits per heavy atom. The molecule has 0 saturated carbocycles. The molecule has 128 valence electrons. The summed E-state index contributed by atoms with van der Waals surface area (Å²) in [5.74, 6) is -0.606. The van der Waals surface area contributed by atoms with E-state index < -0.39 is 10.9 Å². The van der Waals surface area contributed by atoms with Gasteiger partial charge < -0.3 is 10.0 Å². The summed E-state index contributed by atoms with van der Waals surface area (Å²) < 4.78 is 0. The predicted octanol–water partition coefficient (Wildman–Crippen LogP) is 2.25. The van der Waals surface area contributed by atoms with Gasteiger partial charge >= 0.3 is 5.97 Å². The number of carboxylic acid groups (broad SMARTS) is 1. The first kappa shape index (κ1) is 16.5. The van der Waals surface area contributed by atoms with Gasteiger partial charge in [0.25, 0.3) is 5.69 Å². The predicted molar refractivity (Wildman–Crippen MR) is 90.3 cm³/mol. The highest BCUT2D eigenvalue weighted by Crippen LogP contribution is 2.18. The van der Waals surface area contributed by atoms with Gasteiger partial charge in [0.05, 0.1) is 16.2 Å². The molecule has 2 aromatic heterocycles. The van der Waals surface area contributed by atoms with Gasteiger partial charge in [0.1, 0.15) is 6.20 Å². The topological polar surface area (TPSA) is 122 Å². The van der Waals surface area contributed by atoms with Gasteiger partial charge in [-0.3, -0.25) is 10.1 Å². The summed E-state index contributed by atoms with van der Waals surface area (Å²) in [5.41, 5.74) is 0.203. The molecule has 3 heterocycles. The first-order valence-corrected chi connectivity index (χ1v) is 7.67. The van der Waals surface area contributed by atoms with E-state index in [-0.39, 0.29) is 16.9 Å². The van der Waals surface area contributed by atoms with Crippen LogP contribution in [-0.2, 0) is 0 Å². The lowest BCUT2D eigenvalue weighted by Gasteiger charge is -2.14. The molecule has 0 spiro atoms. The van der Waals surface area contributed by atoms with E-state index in [1.165, 1.54) is 6.08 Å². The Kier molecular flexibility index (Phi) is 4.64. The molecule has 0 radical (unpaired) electrons. The number of hydrogen-bond acceptors (Lipinski definition) is 7. The fourth-order valence-corrected chi connectivity index (χ4v) is 2.54. The minimum Gasteiger partial charge on any atom is -0.478 e. The zero-order chi connectivity index (χ0) is 17.8. The second-order valence-corrected chi connectivity index (χ2v) is 5.53. The Hall–Kier alpha value is -3.36. The van der Waals surface area contributed by atoms with Crippen molar-refractivity contribution in [3.8, 4) is 0 Å². The maximum atomic E-state index is 11.3. The van der Waals surface area contributed by atoms with Crippen LogP contribution in [0.1, 0.15) is 34.5 Å². The number of anilines is 1. The zero-order valence-electron chi connectivity index (χ0n) is 13.2. The Morgan fingerprint density at radius 3 is 2.44 bits per heavy atom. The van der Waals surface area contributed by atoms with Gasteiger partial charge in [-0.15, -0.1) is 0 Å². The van der Waals surface area contributed by atoms with E-state index in [1.54, 1.807) is 18.5 Å². The number of rotatable bonds is 5. The normalized spacial score (nSPS) is 14.2. The first-order valence-electron chi connectivity index (χ1n) is 7.67. The maximum Gasteiger partial charge on any atom is 0.338 e. The monoisotopic (exact) mass is 341 g/mol. The number of aromatic nitrogens is 3. The average Bonchev–Trinajstić information content (AvgIpc) is 3.14. The standard InChI is InChI=1S/C16H15N5O4/c22-15(23)13-7-12(21(24)25)10-17-14(13)4-3-11-8-18-16(19-9-11)20-5-1-2-6-20/h3-4,7-10H,1-2,5-6H2,(H,22,23)/b4-3+. The van der Waals surface area contributed by atoms with Crippen LogP contribution in [0.3, 0.4) is 0 Å². The number of pyridine rings is 1. The minimum absolute atomic E-state index is 0.127. The van der Waals surface area contributed by atoms with Crippen molar-refractivity contribution in [3.05, 3.63) is 51.6 Å². The highest BCUT2D eigenvalue weighted by Gasteiger charge is 2.16. The summed E-state index contributed by atoms with van der Waals surface area (Å²) in [7, 11) is 0. The van der Waals surface area contributed by atoms with Gasteiger partial charge in [0, 0.05) is 37.1 Å². The summed E-state index contributed by atoms with van der Waals surface area (Å²) in [4.78, 5) is 35.9. The lowest BCUT2D eigenvalue weighted by atomic mass is 10.1. The molecule has 0 atom stereocenters. The van der Waals surface area contributed by atoms with Gasteiger partial charge in [0.2, 0.25) is 5.95 Å². The molecule has 0 unspecified atom stereocenters. The average molecular weight is 341 g/mol. The van der Waals surface area contributed by atoms with Crippen LogP contribution < -0.4 is 4.90 Å². The number of aromatic carboxylic acids is 1. The molecule has 1 saturated heterocycles. The van der Waals surface area contributed by atoms with Crippen LogP contribution >= 0.6 is 0 Å². The Labute approximate surface area is 142 Å². The number of carboxylic acids is 1. The molecule has 2 aromatic rings.